The molecule has 0 saturated heterocycles. The summed E-state index contributed by atoms with van der Waals surface area (Å²) in [6, 6.07) is 22.1. The van der Waals surface area contributed by atoms with Crippen molar-refractivity contribution >= 4 is 26.3 Å². The van der Waals surface area contributed by atoms with E-state index in [-0.39, 0.29) is 21.3 Å². The molecular weight excluding hydrogens is 558 g/mol. The van der Waals surface area contributed by atoms with Gasteiger partial charge in [-0.25, -0.2) is 26.5 Å². The highest BCUT2D eigenvalue weighted by Crippen LogP contribution is 2.36. The third kappa shape index (κ3) is 6.82. The van der Waals surface area contributed by atoms with Crippen LogP contribution < -0.4 is 18.1 Å². The maximum atomic E-state index is 13.1. The molecule has 11 heteroatoms. The fraction of sp³-hybridized carbons (Fsp3) is 0.143. The largest absolute Gasteiger partial charge is 0.805 e. The predicted octanol–water partition coefficient (Wildman–Crippen LogP) is 7.98. The lowest BCUT2D eigenvalue weighted by Gasteiger charge is -2.05. The quantitative estimate of drug-likeness (QED) is 0.173. The molecule has 0 aliphatic rings. The average Bonchev–Trinajstić information content (AvgIpc) is 2.89. The van der Waals surface area contributed by atoms with Gasteiger partial charge in [-0.1, -0.05) is 36.4 Å². The van der Waals surface area contributed by atoms with E-state index in [1.54, 1.807) is 0 Å². The Hall–Kier alpha value is -3.77. The van der Waals surface area contributed by atoms with Gasteiger partial charge in [0.15, 0.2) is 23.0 Å². The van der Waals surface area contributed by atoms with Crippen LogP contribution in [0.5, 0.6) is 23.0 Å². The summed E-state index contributed by atoms with van der Waals surface area (Å²) in [5.74, 6) is 1.34. The summed E-state index contributed by atoms with van der Waals surface area (Å²) in [5.41, 5.74) is 3.28. The van der Waals surface area contributed by atoms with E-state index in [2.05, 4.69) is 0 Å². The summed E-state index contributed by atoms with van der Waals surface area (Å²) in [7, 11) is -8.92. The van der Waals surface area contributed by atoms with Crippen molar-refractivity contribution < 1.29 is 35.6 Å². The fourth-order valence-electron chi connectivity index (χ4n) is 3.74. The summed E-state index contributed by atoms with van der Waals surface area (Å²) in [4.78, 5) is 0.0256. The Morgan fingerprint density at radius 1 is 0.487 bits per heavy atom. The van der Waals surface area contributed by atoms with E-state index in [0.717, 1.165) is 22.3 Å². The Bertz CT molecular complexity index is 1480. The van der Waals surface area contributed by atoms with Crippen LogP contribution in [0.15, 0.2) is 94.7 Å². The van der Waals surface area contributed by atoms with Gasteiger partial charge in [-0.15, -0.1) is 0 Å². The van der Waals surface area contributed by atoms with Crippen LogP contribution in [0.4, 0.5) is 0 Å². The Balaban J connectivity index is 1.40. The van der Waals surface area contributed by atoms with Gasteiger partial charge < -0.3 is 0 Å². The van der Waals surface area contributed by atoms with Gasteiger partial charge in [-0.2, -0.15) is 0 Å². The normalized spacial score (nSPS) is 11.9. The molecule has 39 heavy (non-hydrogen) atoms. The van der Waals surface area contributed by atoms with Gasteiger partial charge in [0.2, 0.25) is 9.84 Å². The molecule has 0 aliphatic carbocycles. The predicted molar refractivity (Wildman–Crippen MR) is 148 cm³/mol. The third-order valence-electron chi connectivity index (χ3n) is 5.78. The molecule has 2 atom stereocenters. The van der Waals surface area contributed by atoms with Gasteiger partial charge in [0.1, 0.15) is 0 Å². The molecular formula is C28H26O8P2S+2. The van der Waals surface area contributed by atoms with Crippen LogP contribution in [-0.2, 0) is 19.0 Å². The zero-order valence-electron chi connectivity index (χ0n) is 21.7. The highest BCUT2D eigenvalue weighted by Gasteiger charge is 2.28. The number of para-hydroxylation sites is 2. The van der Waals surface area contributed by atoms with Crippen molar-refractivity contribution in [1.29, 1.82) is 0 Å². The van der Waals surface area contributed by atoms with Gasteiger partial charge in [0.05, 0.1) is 9.79 Å². The number of sulfone groups is 1. The SMILES string of the molecule is Cc1cccc(C)c1O[P+](=O)Oc1ccc(S(=O)(=O)c2ccc(O[P+](=O)Oc3c(C)cccc3C)cc2)cc1. The standard InChI is InChI=1S/C28H26O8P2S/c1-19-7-5-8-20(2)27(19)35-37(29)33-23-11-15-25(16-12-23)39(31,32)26-17-13-24(14-18-26)34-38(30)36-28-21(3)9-6-10-22(28)4/h5-18H,1-4H3/q+2. The van der Waals surface area contributed by atoms with Crippen LogP contribution >= 0.6 is 16.5 Å². The van der Waals surface area contributed by atoms with Crippen LogP contribution in [0.1, 0.15) is 22.3 Å². The molecule has 0 radical (unpaired) electrons. The summed E-state index contributed by atoms with van der Waals surface area (Å²) in [6.45, 7) is 7.35. The van der Waals surface area contributed by atoms with Crippen molar-refractivity contribution in [3.8, 4) is 23.0 Å². The lowest BCUT2D eigenvalue weighted by molar-refractivity contribution is 0.412. The molecule has 200 valence electrons. The Kier molecular flexibility index (Phi) is 8.66. The van der Waals surface area contributed by atoms with Gasteiger partial charge in [0, 0.05) is 9.13 Å². The Labute approximate surface area is 229 Å². The van der Waals surface area contributed by atoms with Crippen molar-refractivity contribution in [1.82, 2.24) is 0 Å². The van der Waals surface area contributed by atoms with Gasteiger partial charge in [-0.3, -0.25) is 0 Å². The molecule has 0 fully saturated rings. The maximum absolute atomic E-state index is 13.1. The van der Waals surface area contributed by atoms with Crippen LogP contribution in [0, 0.1) is 27.7 Å². The van der Waals surface area contributed by atoms with Gasteiger partial charge in [0.25, 0.3) is 0 Å². The number of aryl methyl sites for hydroxylation is 4. The van der Waals surface area contributed by atoms with Crippen molar-refractivity contribution in [3.63, 3.8) is 0 Å². The molecule has 0 spiro atoms. The zero-order chi connectivity index (χ0) is 28.2. The first kappa shape index (κ1) is 28.2. The molecule has 0 aromatic heterocycles. The minimum absolute atomic E-state index is 0.0128. The molecule has 0 amide bonds. The molecule has 0 N–H and O–H groups in total. The average molecular weight is 585 g/mol. The molecule has 8 nitrogen and oxygen atoms in total. The van der Waals surface area contributed by atoms with Crippen LogP contribution in [0.25, 0.3) is 0 Å². The van der Waals surface area contributed by atoms with E-state index >= 15 is 0 Å². The van der Waals surface area contributed by atoms with Crippen LogP contribution in [-0.4, -0.2) is 8.42 Å². The lowest BCUT2D eigenvalue weighted by Crippen LogP contribution is -2.02. The Morgan fingerprint density at radius 2 is 0.795 bits per heavy atom. The highest BCUT2D eigenvalue weighted by atomic mass is 32.2. The molecule has 0 heterocycles. The monoisotopic (exact) mass is 584 g/mol. The van der Waals surface area contributed by atoms with Crippen molar-refractivity contribution in [2.45, 2.75) is 37.5 Å². The second-order valence-electron chi connectivity index (χ2n) is 8.70. The van der Waals surface area contributed by atoms with E-state index in [1.165, 1.54) is 48.5 Å². The van der Waals surface area contributed by atoms with Gasteiger partial charge in [-0.05, 0) is 98.5 Å². The van der Waals surface area contributed by atoms with Crippen molar-refractivity contribution in [2.24, 2.45) is 0 Å². The van der Waals surface area contributed by atoms with Crippen molar-refractivity contribution in [2.75, 3.05) is 0 Å². The summed E-state index contributed by atoms with van der Waals surface area (Å²) in [6.07, 6.45) is 0. The number of hydrogen-bond acceptors (Lipinski definition) is 8. The first-order chi connectivity index (χ1) is 18.5. The highest BCUT2D eigenvalue weighted by molar-refractivity contribution is 7.91. The topological polar surface area (TPSA) is 105 Å². The molecule has 0 bridgehead atoms. The fourth-order valence-corrected chi connectivity index (χ4v) is 6.54. The van der Waals surface area contributed by atoms with Crippen molar-refractivity contribution in [3.05, 3.63) is 107 Å². The minimum Gasteiger partial charge on any atom is -0.222 e. The number of hydrogen-bond donors (Lipinski definition) is 0. The summed E-state index contributed by atoms with van der Waals surface area (Å²) in [5, 5.41) is 0. The van der Waals surface area contributed by atoms with E-state index in [0.29, 0.717) is 11.5 Å². The molecule has 0 saturated carbocycles. The summed E-state index contributed by atoms with van der Waals surface area (Å²) < 4.78 is 72.5. The molecule has 2 unspecified atom stereocenters. The van der Waals surface area contributed by atoms with E-state index in [9.17, 15) is 17.5 Å². The number of benzene rings is 4. The van der Waals surface area contributed by atoms with E-state index < -0.39 is 26.3 Å². The van der Waals surface area contributed by atoms with Crippen LogP contribution in [0.3, 0.4) is 0 Å². The first-order valence-electron chi connectivity index (χ1n) is 11.8. The van der Waals surface area contributed by atoms with E-state index in [1.807, 2.05) is 64.1 Å². The zero-order valence-corrected chi connectivity index (χ0v) is 24.3. The van der Waals surface area contributed by atoms with Crippen LogP contribution in [0.2, 0.25) is 0 Å². The summed E-state index contributed by atoms with van der Waals surface area (Å²) >= 11 is 0. The lowest BCUT2D eigenvalue weighted by atomic mass is 10.1. The first-order valence-corrected chi connectivity index (χ1v) is 15.5. The smallest absolute Gasteiger partial charge is 0.222 e. The molecule has 0 aliphatic heterocycles. The third-order valence-corrected chi connectivity index (χ3v) is 8.95. The second kappa shape index (κ2) is 12.0. The molecule has 4 rings (SSSR count). The molecule has 4 aromatic rings. The Morgan fingerprint density at radius 3 is 1.10 bits per heavy atom. The molecule has 4 aromatic carbocycles. The minimum atomic E-state index is -3.87. The van der Waals surface area contributed by atoms with Gasteiger partial charge >= 0.3 is 16.5 Å². The second-order valence-corrected chi connectivity index (χ2v) is 12.3. The maximum Gasteiger partial charge on any atom is 0.805 e. The number of rotatable bonds is 10. The van der Waals surface area contributed by atoms with E-state index in [4.69, 9.17) is 18.1 Å².